The van der Waals surface area contributed by atoms with E-state index in [1.54, 1.807) is 0 Å². The molecule has 0 aromatic carbocycles. The Labute approximate surface area is 78.2 Å². The van der Waals surface area contributed by atoms with Crippen molar-refractivity contribution in [1.29, 1.82) is 0 Å². The van der Waals surface area contributed by atoms with Gasteiger partial charge in [-0.2, -0.15) is 13.2 Å². The smallest absolute Gasteiger partial charge is 0.422 e. The summed E-state index contributed by atoms with van der Waals surface area (Å²) in [7, 11) is 0. The molecule has 78 valence electrons. The molecule has 0 aliphatic carbocycles. The topological polar surface area (TPSA) is 42.4 Å². The second-order valence-electron chi connectivity index (χ2n) is 2.55. The maximum atomic E-state index is 11.7. The Morgan fingerprint density at radius 2 is 2.07 bits per heavy atom. The van der Waals surface area contributed by atoms with E-state index in [4.69, 9.17) is 5.11 Å². The van der Waals surface area contributed by atoms with Gasteiger partial charge in [0, 0.05) is 0 Å². The van der Waals surface area contributed by atoms with Crippen molar-refractivity contribution >= 4 is 0 Å². The molecular weight excluding hydrogens is 199 g/mol. The minimum atomic E-state index is -4.35. The van der Waals surface area contributed by atoms with Crippen molar-refractivity contribution in [1.82, 2.24) is 4.98 Å². The van der Waals surface area contributed by atoms with Gasteiger partial charge in [-0.05, 0) is 12.1 Å². The predicted molar refractivity (Wildman–Crippen MR) is 41.7 cm³/mol. The summed E-state index contributed by atoms with van der Waals surface area (Å²) in [5.41, 5.74) is 0.379. The number of alkyl halides is 3. The summed E-state index contributed by atoms with van der Waals surface area (Å²) in [5, 5.41) is 8.60. The van der Waals surface area contributed by atoms with Crippen molar-refractivity contribution in [3.63, 3.8) is 0 Å². The number of aromatic nitrogens is 1. The van der Waals surface area contributed by atoms with Gasteiger partial charge in [0.1, 0.15) is 5.75 Å². The lowest BCUT2D eigenvalue weighted by Crippen LogP contribution is -2.19. The van der Waals surface area contributed by atoms with Crippen LogP contribution in [-0.4, -0.2) is 22.9 Å². The molecule has 1 aromatic heterocycles. The van der Waals surface area contributed by atoms with E-state index in [2.05, 4.69) is 9.72 Å². The number of halogens is 3. The lowest BCUT2D eigenvalue weighted by molar-refractivity contribution is -0.153. The first-order chi connectivity index (χ1) is 6.51. The fourth-order valence-corrected chi connectivity index (χ4v) is 0.755. The highest BCUT2D eigenvalue weighted by Crippen LogP contribution is 2.17. The molecule has 0 spiro atoms. The van der Waals surface area contributed by atoms with Crippen molar-refractivity contribution in [3.05, 3.63) is 24.0 Å². The Kier molecular flexibility index (Phi) is 3.29. The van der Waals surface area contributed by atoms with Gasteiger partial charge in [0.05, 0.1) is 18.5 Å². The molecule has 3 nitrogen and oxygen atoms in total. The highest BCUT2D eigenvalue weighted by Gasteiger charge is 2.28. The fourth-order valence-electron chi connectivity index (χ4n) is 0.755. The van der Waals surface area contributed by atoms with Crippen molar-refractivity contribution in [2.24, 2.45) is 0 Å². The van der Waals surface area contributed by atoms with Gasteiger partial charge in [-0.25, -0.2) is 0 Å². The first kappa shape index (κ1) is 10.8. The zero-order valence-corrected chi connectivity index (χ0v) is 7.08. The molecule has 14 heavy (non-hydrogen) atoms. The van der Waals surface area contributed by atoms with Crippen LogP contribution in [0.2, 0.25) is 0 Å². The van der Waals surface area contributed by atoms with Crippen molar-refractivity contribution < 1.29 is 23.0 Å². The average Bonchev–Trinajstić information content (AvgIpc) is 2.14. The lowest BCUT2D eigenvalue weighted by Gasteiger charge is -2.08. The number of nitrogens with zero attached hydrogens (tertiary/aromatic N) is 1. The Hall–Kier alpha value is -1.30. The number of hydrogen-bond acceptors (Lipinski definition) is 3. The molecule has 6 heteroatoms. The third kappa shape index (κ3) is 3.61. The van der Waals surface area contributed by atoms with E-state index in [1.165, 1.54) is 12.1 Å². The van der Waals surface area contributed by atoms with E-state index >= 15 is 0 Å². The van der Waals surface area contributed by atoms with Gasteiger partial charge in [0.25, 0.3) is 0 Å². The molecule has 0 unspecified atom stereocenters. The summed E-state index contributed by atoms with van der Waals surface area (Å²) in [4.78, 5) is 3.66. The van der Waals surface area contributed by atoms with Crippen LogP contribution in [0, 0.1) is 0 Å². The molecule has 1 N–H and O–H groups in total. The third-order valence-corrected chi connectivity index (χ3v) is 1.36. The highest BCUT2D eigenvalue weighted by molar-refractivity contribution is 5.19. The Morgan fingerprint density at radius 3 is 2.50 bits per heavy atom. The average molecular weight is 207 g/mol. The van der Waals surface area contributed by atoms with Crippen LogP contribution in [0.15, 0.2) is 18.3 Å². The van der Waals surface area contributed by atoms with Gasteiger partial charge < -0.3 is 9.84 Å². The summed E-state index contributed by atoms with van der Waals surface area (Å²) in [6.45, 7) is -1.59. The maximum absolute atomic E-state index is 11.7. The zero-order chi connectivity index (χ0) is 10.6. The lowest BCUT2D eigenvalue weighted by atomic mass is 10.3. The van der Waals surface area contributed by atoms with E-state index < -0.39 is 12.8 Å². The summed E-state index contributed by atoms with van der Waals surface area (Å²) in [6.07, 6.45) is -3.22. The molecule has 0 radical (unpaired) electrons. The number of hydrogen-bond donors (Lipinski definition) is 1. The number of aliphatic hydroxyl groups excluding tert-OH is 1. The van der Waals surface area contributed by atoms with Crippen LogP contribution < -0.4 is 4.74 Å². The summed E-state index contributed by atoms with van der Waals surface area (Å²) < 4.78 is 39.5. The molecule has 1 heterocycles. The van der Waals surface area contributed by atoms with Crippen LogP contribution in [0.4, 0.5) is 13.2 Å². The van der Waals surface area contributed by atoms with Crippen LogP contribution >= 0.6 is 0 Å². The van der Waals surface area contributed by atoms with E-state index in [0.29, 0.717) is 5.69 Å². The SMILES string of the molecule is OCc1ccc(OCC(F)(F)F)cn1. The van der Waals surface area contributed by atoms with Gasteiger partial charge in [-0.1, -0.05) is 0 Å². The van der Waals surface area contributed by atoms with E-state index in [1.807, 2.05) is 0 Å². The van der Waals surface area contributed by atoms with Gasteiger partial charge in [0.15, 0.2) is 6.61 Å². The number of aliphatic hydroxyl groups is 1. The van der Waals surface area contributed by atoms with Gasteiger partial charge in [0.2, 0.25) is 0 Å². The first-order valence-electron chi connectivity index (χ1n) is 3.76. The van der Waals surface area contributed by atoms with Crippen molar-refractivity contribution in [2.45, 2.75) is 12.8 Å². The molecule has 0 aliphatic rings. The molecule has 0 saturated heterocycles. The van der Waals surface area contributed by atoms with Crippen LogP contribution in [0.3, 0.4) is 0 Å². The minimum absolute atomic E-state index is 0.0273. The first-order valence-corrected chi connectivity index (χ1v) is 3.76. The Balaban J connectivity index is 2.52. The Morgan fingerprint density at radius 1 is 1.36 bits per heavy atom. The van der Waals surface area contributed by atoms with E-state index in [9.17, 15) is 13.2 Å². The van der Waals surface area contributed by atoms with Crippen molar-refractivity contribution in [2.75, 3.05) is 6.61 Å². The molecule has 0 atom stereocenters. The number of ether oxygens (including phenoxy) is 1. The summed E-state index contributed by atoms with van der Waals surface area (Å²) >= 11 is 0. The predicted octanol–water partition coefficient (Wildman–Crippen LogP) is 1.51. The molecular formula is C8H8F3NO2. The molecule has 1 rings (SSSR count). The van der Waals surface area contributed by atoms with Crippen LogP contribution in [-0.2, 0) is 6.61 Å². The third-order valence-electron chi connectivity index (χ3n) is 1.36. The van der Waals surface area contributed by atoms with Crippen LogP contribution in [0.25, 0.3) is 0 Å². The van der Waals surface area contributed by atoms with E-state index in [0.717, 1.165) is 6.20 Å². The maximum Gasteiger partial charge on any atom is 0.422 e. The molecule has 0 saturated carbocycles. The second kappa shape index (κ2) is 4.28. The van der Waals surface area contributed by atoms with E-state index in [-0.39, 0.29) is 12.4 Å². The molecule has 0 fully saturated rings. The second-order valence-corrected chi connectivity index (χ2v) is 2.55. The van der Waals surface area contributed by atoms with Gasteiger partial charge >= 0.3 is 6.18 Å². The Bertz CT molecular complexity index is 284. The normalized spacial score (nSPS) is 11.4. The molecule has 1 aromatic rings. The monoisotopic (exact) mass is 207 g/mol. The van der Waals surface area contributed by atoms with Gasteiger partial charge in [-0.3, -0.25) is 4.98 Å². The summed E-state index contributed by atoms with van der Waals surface area (Å²) in [6, 6.07) is 2.72. The fraction of sp³-hybridized carbons (Fsp3) is 0.375. The van der Waals surface area contributed by atoms with Gasteiger partial charge in [-0.15, -0.1) is 0 Å². The quantitative estimate of drug-likeness (QED) is 0.816. The summed E-state index contributed by atoms with van der Waals surface area (Å²) in [5.74, 6) is 0.0273. The van der Waals surface area contributed by atoms with Crippen LogP contribution in [0.1, 0.15) is 5.69 Å². The highest BCUT2D eigenvalue weighted by atomic mass is 19.4. The number of pyridine rings is 1. The molecule has 0 aliphatic heterocycles. The standard InChI is InChI=1S/C8H8F3NO2/c9-8(10,11)5-14-7-2-1-6(4-13)12-3-7/h1-3,13H,4-5H2. The largest absolute Gasteiger partial charge is 0.483 e. The molecule has 0 bridgehead atoms. The minimum Gasteiger partial charge on any atom is -0.483 e. The number of rotatable bonds is 3. The molecule has 0 amide bonds. The van der Waals surface area contributed by atoms with Crippen LogP contribution in [0.5, 0.6) is 5.75 Å². The zero-order valence-electron chi connectivity index (χ0n) is 7.08. The van der Waals surface area contributed by atoms with Crippen molar-refractivity contribution in [3.8, 4) is 5.75 Å².